The number of amides is 1. The van der Waals surface area contributed by atoms with E-state index in [2.05, 4.69) is 20.2 Å². The predicted molar refractivity (Wildman–Crippen MR) is 105 cm³/mol. The van der Waals surface area contributed by atoms with E-state index in [0.717, 1.165) is 46.6 Å². The Kier molecular flexibility index (Phi) is 5.35. The van der Waals surface area contributed by atoms with Gasteiger partial charge in [0.2, 0.25) is 5.91 Å². The summed E-state index contributed by atoms with van der Waals surface area (Å²) in [6, 6.07) is 6.49. The average Bonchev–Trinajstić information content (AvgIpc) is 3.18. The van der Waals surface area contributed by atoms with Crippen molar-refractivity contribution in [3.8, 4) is 22.5 Å². The van der Waals surface area contributed by atoms with Crippen molar-refractivity contribution < 1.29 is 14.3 Å². The van der Waals surface area contributed by atoms with E-state index in [1.807, 2.05) is 13.0 Å². The Morgan fingerprint density at radius 3 is 2.76 bits per heavy atom. The molecular weight excluding hydrogens is 373 g/mol. The number of hydrogen-bond acceptors (Lipinski definition) is 5. The minimum absolute atomic E-state index is 0.171. The predicted octanol–water partition coefficient (Wildman–Crippen LogP) is 2.68. The number of aliphatic hydroxyl groups excluding tert-OH is 1. The van der Waals surface area contributed by atoms with Crippen molar-refractivity contribution in [2.75, 3.05) is 19.7 Å². The molecule has 3 heterocycles. The Morgan fingerprint density at radius 1 is 1.31 bits per heavy atom. The van der Waals surface area contributed by atoms with Gasteiger partial charge < -0.3 is 10.0 Å². The van der Waals surface area contributed by atoms with Crippen LogP contribution < -0.4 is 0 Å². The van der Waals surface area contributed by atoms with E-state index in [1.165, 1.54) is 18.5 Å². The van der Waals surface area contributed by atoms with Crippen LogP contribution in [0, 0.1) is 12.7 Å². The molecule has 7 nitrogen and oxygen atoms in total. The van der Waals surface area contributed by atoms with Crippen LogP contribution in [0.2, 0.25) is 0 Å². The summed E-state index contributed by atoms with van der Waals surface area (Å²) in [5, 5.41) is 16.8. The second kappa shape index (κ2) is 8.08. The molecule has 3 aromatic rings. The zero-order valence-electron chi connectivity index (χ0n) is 16.1. The SMILES string of the molecule is Cc1cc(F)ccc1-c1n[nH]c(C2CCN(C(=O)CO)CC2)c1-c1ccncn1. The lowest BCUT2D eigenvalue weighted by Gasteiger charge is -2.31. The molecule has 1 aromatic carbocycles. The summed E-state index contributed by atoms with van der Waals surface area (Å²) in [6.45, 7) is 2.55. The van der Waals surface area contributed by atoms with Gasteiger partial charge in [0.1, 0.15) is 24.4 Å². The average molecular weight is 395 g/mol. The Morgan fingerprint density at radius 2 is 2.10 bits per heavy atom. The summed E-state index contributed by atoms with van der Waals surface area (Å²) in [4.78, 5) is 21.9. The van der Waals surface area contributed by atoms with Crippen molar-refractivity contribution >= 4 is 5.91 Å². The topological polar surface area (TPSA) is 95.0 Å². The van der Waals surface area contributed by atoms with Gasteiger partial charge in [-0.15, -0.1) is 0 Å². The van der Waals surface area contributed by atoms with E-state index in [4.69, 9.17) is 5.11 Å². The van der Waals surface area contributed by atoms with Crippen molar-refractivity contribution in [1.82, 2.24) is 25.1 Å². The Labute approximate surface area is 167 Å². The van der Waals surface area contributed by atoms with E-state index < -0.39 is 6.61 Å². The minimum atomic E-state index is -0.463. The quantitative estimate of drug-likeness (QED) is 0.708. The first-order valence-electron chi connectivity index (χ1n) is 9.58. The van der Waals surface area contributed by atoms with Crippen molar-refractivity contribution in [1.29, 1.82) is 0 Å². The van der Waals surface area contributed by atoms with Crippen LogP contribution in [0.25, 0.3) is 22.5 Å². The highest BCUT2D eigenvalue weighted by molar-refractivity contribution is 5.82. The minimum Gasteiger partial charge on any atom is -0.387 e. The van der Waals surface area contributed by atoms with Gasteiger partial charge in [-0.1, -0.05) is 0 Å². The molecule has 0 atom stereocenters. The molecule has 1 aliphatic rings. The number of H-pyrrole nitrogens is 1. The third-order valence-corrected chi connectivity index (χ3v) is 5.47. The van der Waals surface area contributed by atoms with Crippen molar-refractivity contribution in [3.63, 3.8) is 0 Å². The molecule has 29 heavy (non-hydrogen) atoms. The number of aromatic amines is 1. The fourth-order valence-electron chi connectivity index (χ4n) is 3.95. The number of likely N-dealkylation sites (tertiary alicyclic amines) is 1. The first-order chi connectivity index (χ1) is 14.1. The number of halogens is 1. The summed E-state index contributed by atoms with van der Waals surface area (Å²) in [6.07, 6.45) is 4.70. The fraction of sp³-hybridized carbons (Fsp3) is 0.333. The van der Waals surface area contributed by atoms with Gasteiger partial charge in [-0.2, -0.15) is 5.10 Å². The molecule has 8 heteroatoms. The first kappa shape index (κ1) is 19.2. The van der Waals surface area contributed by atoms with Crippen molar-refractivity contribution in [3.05, 3.63) is 53.9 Å². The molecule has 0 aliphatic carbocycles. The van der Waals surface area contributed by atoms with Crippen LogP contribution in [0.3, 0.4) is 0 Å². The van der Waals surface area contributed by atoms with Crippen LogP contribution >= 0.6 is 0 Å². The third kappa shape index (κ3) is 3.75. The zero-order valence-corrected chi connectivity index (χ0v) is 16.1. The number of aliphatic hydroxyl groups is 1. The number of nitrogens with zero attached hydrogens (tertiary/aromatic N) is 4. The third-order valence-electron chi connectivity index (χ3n) is 5.47. The maximum absolute atomic E-state index is 13.6. The van der Waals surface area contributed by atoms with Crippen LogP contribution in [-0.2, 0) is 4.79 Å². The standard InChI is InChI=1S/C21H22FN5O2/c1-13-10-15(22)2-3-16(13)21-19(17-4-7-23-12-24-17)20(25-26-21)14-5-8-27(9-6-14)18(29)11-28/h2-4,7,10,12,14,28H,5-6,8-9,11H2,1H3,(H,25,26). The van der Waals surface area contributed by atoms with Crippen molar-refractivity contribution in [2.24, 2.45) is 0 Å². The number of nitrogens with one attached hydrogen (secondary N) is 1. The van der Waals surface area contributed by atoms with E-state index >= 15 is 0 Å². The molecule has 1 saturated heterocycles. The molecule has 150 valence electrons. The highest BCUT2D eigenvalue weighted by Crippen LogP contribution is 2.39. The summed E-state index contributed by atoms with van der Waals surface area (Å²) < 4.78 is 13.6. The van der Waals surface area contributed by atoms with Gasteiger partial charge in [-0.25, -0.2) is 14.4 Å². The number of rotatable bonds is 4. The van der Waals surface area contributed by atoms with E-state index in [9.17, 15) is 9.18 Å². The lowest BCUT2D eigenvalue weighted by molar-refractivity contribution is -0.135. The number of hydrogen-bond donors (Lipinski definition) is 2. The molecule has 0 bridgehead atoms. The number of piperidine rings is 1. The molecule has 2 N–H and O–H groups in total. The lowest BCUT2D eigenvalue weighted by atomic mass is 9.88. The number of carbonyl (C=O) groups is 1. The van der Waals surface area contributed by atoms with Gasteiger partial charge in [0.15, 0.2) is 0 Å². The first-order valence-corrected chi connectivity index (χ1v) is 9.58. The van der Waals surface area contributed by atoms with Gasteiger partial charge in [0.25, 0.3) is 0 Å². The van der Waals surface area contributed by atoms with Crippen molar-refractivity contribution in [2.45, 2.75) is 25.7 Å². The van der Waals surface area contributed by atoms with Crippen LogP contribution in [0.1, 0.15) is 30.0 Å². The highest BCUT2D eigenvalue weighted by atomic mass is 19.1. The number of aryl methyl sites for hydroxylation is 1. The summed E-state index contributed by atoms with van der Waals surface area (Å²) in [5.74, 6) is -0.358. The van der Waals surface area contributed by atoms with Gasteiger partial charge in [0.05, 0.1) is 5.69 Å². The monoisotopic (exact) mass is 395 g/mol. The van der Waals surface area contributed by atoms with Crippen LogP contribution in [0.15, 0.2) is 36.8 Å². The number of aromatic nitrogens is 4. The number of carbonyl (C=O) groups excluding carboxylic acids is 1. The molecule has 2 aromatic heterocycles. The molecule has 0 radical (unpaired) electrons. The molecule has 4 rings (SSSR count). The van der Waals surface area contributed by atoms with Crippen LogP contribution in [0.4, 0.5) is 4.39 Å². The second-order valence-electron chi connectivity index (χ2n) is 7.23. The second-order valence-corrected chi connectivity index (χ2v) is 7.23. The van der Waals surface area contributed by atoms with Crippen LogP contribution in [0.5, 0.6) is 0 Å². The smallest absolute Gasteiger partial charge is 0.248 e. The molecule has 0 saturated carbocycles. The highest BCUT2D eigenvalue weighted by Gasteiger charge is 2.29. The van der Waals surface area contributed by atoms with Gasteiger partial charge >= 0.3 is 0 Å². The summed E-state index contributed by atoms with van der Waals surface area (Å²) in [5.41, 5.74) is 4.95. The molecular formula is C21H22FN5O2. The molecule has 1 aliphatic heterocycles. The normalized spacial score (nSPS) is 14.9. The van der Waals surface area contributed by atoms with E-state index in [-0.39, 0.29) is 17.6 Å². The lowest BCUT2D eigenvalue weighted by Crippen LogP contribution is -2.39. The molecule has 0 spiro atoms. The summed E-state index contributed by atoms with van der Waals surface area (Å²) in [7, 11) is 0. The van der Waals surface area contributed by atoms with Crippen LogP contribution in [-0.4, -0.2) is 55.8 Å². The maximum Gasteiger partial charge on any atom is 0.248 e. The van der Waals surface area contributed by atoms with Gasteiger partial charge in [0, 0.05) is 42.0 Å². The van der Waals surface area contributed by atoms with Gasteiger partial charge in [-0.3, -0.25) is 9.89 Å². The van der Waals surface area contributed by atoms with E-state index in [0.29, 0.717) is 13.1 Å². The zero-order chi connectivity index (χ0) is 20.4. The Balaban J connectivity index is 1.74. The maximum atomic E-state index is 13.6. The molecule has 0 unspecified atom stereocenters. The summed E-state index contributed by atoms with van der Waals surface area (Å²) >= 11 is 0. The van der Waals surface area contributed by atoms with Gasteiger partial charge in [-0.05, 0) is 49.6 Å². The van der Waals surface area contributed by atoms with E-state index in [1.54, 1.807) is 17.2 Å². The largest absolute Gasteiger partial charge is 0.387 e. The number of benzene rings is 1. The molecule has 1 fully saturated rings. The Hall–Kier alpha value is -3.13. The fourth-order valence-corrected chi connectivity index (χ4v) is 3.95. The molecule has 1 amide bonds. The Bertz CT molecular complexity index is 1010.